The number of rotatable bonds is 3. The molecule has 19 heavy (non-hydrogen) atoms. The number of carbonyl (C=O) groups is 1. The Labute approximate surface area is 115 Å². The van der Waals surface area contributed by atoms with E-state index in [0.29, 0.717) is 6.54 Å². The van der Waals surface area contributed by atoms with E-state index in [-0.39, 0.29) is 11.4 Å². The maximum atomic E-state index is 12.0. The van der Waals surface area contributed by atoms with Gasteiger partial charge in [0.1, 0.15) is 5.54 Å². The van der Waals surface area contributed by atoms with E-state index in [4.69, 9.17) is 0 Å². The fourth-order valence-electron chi connectivity index (χ4n) is 3.14. The summed E-state index contributed by atoms with van der Waals surface area (Å²) in [6.45, 7) is 3.98. The van der Waals surface area contributed by atoms with Gasteiger partial charge in [-0.05, 0) is 52.9 Å². The van der Waals surface area contributed by atoms with E-state index in [2.05, 4.69) is 11.0 Å². The molecule has 0 aromatic heterocycles. The molecule has 0 bridgehead atoms. The summed E-state index contributed by atoms with van der Waals surface area (Å²) in [5, 5.41) is 9.57. The third-order valence-electron chi connectivity index (χ3n) is 4.31. The smallest absolute Gasteiger partial charge is 0.236 e. The first-order chi connectivity index (χ1) is 9.07. The number of carbonyl (C=O) groups excluding carboxylic acids is 1. The second-order valence-electron chi connectivity index (χ2n) is 5.96. The van der Waals surface area contributed by atoms with Crippen molar-refractivity contribution in [2.24, 2.45) is 0 Å². The highest BCUT2D eigenvalue weighted by Gasteiger charge is 2.41. The molecule has 0 aliphatic carbocycles. The lowest BCUT2D eigenvalue weighted by molar-refractivity contribution is -0.133. The van der Waals surface area contributed by atoms with Crippen LogP contribution in [-0.4, -0.2) is 73.0 Å². The first-order valence-electron chi connectivity index (χ1n) is 7.16. The quantitative estimate of drug-likeness (QED) is 0.746. The monoisotopic (exact) mass is 264 g/mol. The predicted octanol–water partition coefficient (Wildman–Crippen LogP) is 0.529. The second-order valence-corrected chi connectivity index (χ2v) is 5.96. The Balaban J connectivity index is 1.93. The molecule has 2 rings (SSSR count). The van der Waals surface area contributed by atoms with E-state index in [1.165, 1.54) is 12.8 Å². The third kappa shape index (κ3) is 3.07. The Morgan fingerprint density at radius 1 is 1.21 bits per heavy atom. The van der Waals surface area contributed by atoms with Gasteiger partial charge in [0.2, 0.25) is 5.91 Å². The predicted molar refractivity (Wildman–Crippen MR) is 73.5 cm³/mol. The largest absolute Gasteiger partial charge is 0.341 e. The van der Waals surface area contributed by atoms with Crippen LogP contribution in [0, 0.1) is 11.3 Å². The van der Waals surface area contributed by atoms with Gasteiger partial charge in [-0.15, -0.1) is 0 Å². The molecule has 0 atom stereocenters. The van der Waals surface area contributed by atoms with Gasteiger partial charge in [-0.1, -0.05) is 0 Å². The summed E-state index contributed by atoms with van der Waals surface area (Å²) in [6, 6.07) is 2.54. The fraction of sp³-hybridized carbons (Fsp3) is 0.857. The van der Waals surface area contributed by atoms with Crippen LogP contribution in [-0.2, 0) is 4.79 Å². The molecule has 2 saturated heterocycles. The van der Waals surface area contributed by atoms with Gasteiger partial charge in [-0.2, -0.15) is 5.26 Å². The Morgan fingerprint density at radius 2 is 1.79 bits per heavy atom. The molecule has 2 aliphatic heterocycles. The van der Waals surface area contributed by atoms with E-state index >= 15 is 0 Å². The van der Waals surface area contributed by atoms with E-state index in [1.54, 1.807) is 0 Å². The zero-order valence-electron chi connectivity index (χ0n) is 12.1. The Bertz CT molecular complexity index is 360. The second kappa shape index (κ2) is 5.89. The minimum absolute atomic E-state index is 0.179. The molecule has 1 amide bonds. The topological polar surface area (TPSA) is 50.6 Å². The van der Waals surface area contributed by atoms with E-state index in [9.17, 15) is 10.1 Å². The maximum Gasteiger partial charge on any atom is 0.236 e. The summed E-state index contributed by atoms with van der Waals surface area (Å²) in [6.07, 6.45) is 3.99. The van der Waals surface area contributed by atoms with E-state index in [1.807, 2.05) is 23.9 Å². The zero-order chi connectivity index (χ0) is 13.9. The lowest BCUT2D eigenvalue weighted by Crippen LogP contribution is -2.55. The molecule has 0 aromatic rings. The summed E-state index contributed by atoms with van der Waals surface area (Å²) >= 11 is 0. The molecule has 0 spiro atoms. The Hall–Kier alpha value is -1.12. The van der Waals surface area contributed by atoms with Gasteiger partial charge in [-0.3, -0.25) is 9.69 Å². The van der Waals surface area contributed by atoms with Crippen LogP contribution < -0.4 is 0 Å². The van der Waals surface area contributed by atoms with Crippen LogP contribution >= 0.6 is 0 Å². The molecule has 0 N–H and O–H groups in total. The Morgan fingerprint density at radius 3 is 2.26 bits per heavy atom. The van der Waals surface area contributed by atoms with Gasteiger partial charge in [-0.25, -0.2) is 0 Å². The number of amides is 1. The Kier molecular flexibility index (Phi) is 4.43. The van der Waals surface area contributed by atoms with Crippen molar-refractivity contribution < 1.29 is 4.79 Å². The number of hydrogen-bond donors (Lipinski definition) is 0. The molecule has 2 aliphatic rings. The van der Waals surface area contributed by atoms with E-state index in [0.717, 1.165) is 39.0 Å². The molecular weight excluding hydrogens is 240 g/mol. The standard InChI is InChI=1S/C14H24N4O/c1-16(2)11-13(19)17-9-5-14(12-15,6-10-17)18-7-3-4-8-18/h3-11H2,1-2H3. The van der Waals surface area contributed by atoms with Crippen LogP contribution in [0.4, 0.5) is 0 Å². The number of piperidine rings is 1. The van der Waals surface area contributed by atoms with Gasteiger partial charge in [0.05, 0.1) is 12.6 Å². The van der Waals surface area contributed by atoms with Crippen molar-refractivity contribution in [2.75, 3.05) is 46.8 Å². The lowest BCUT2D eigenvalue weighted by Gasteiger charge is -2.43. The molecule has 2 fully saturated rings. The molecule has 106 valence electrons. The van der Waals surface area contributed by atoms with Crippen LogP contribution in [0.25, 0.3) is 0 Å². The molecule has 0 unspecified atom stereocenters. The highest BCUT2D eigenvalue weighted by molar-refractivity contribution is 5.78. The fourth-order valence-corrected chi connectivity index (χ4v) is 3.14. The molecular formula is C14H24N4O. The van der Waals surface area contributed by atoms with Crippen molar-refractivity contribution >= 4 is 5.91 Å². The van der Waals surface area contributed by atoms with Crippen molar-refractivity contribution in [2.45, 2.75) is 31.2 Å². The van der Waals surface area contributed by atoms with Gasteiger partial charge in [0, 0.05) is 13.1 Å². The zero-order valence-corrected chi connectivity index (χ0v) is 12.1. The van der Waals surface area contributed by atoms with Crippen LogP contribution in [0.5, 0.6) is 0 Å². The number of likely N-dealkylation sites (N-methyl/N-ethyl adjacent to an activating group) is 1. The minimum atomic E-state index is -0.314. The summed E-state index contributed by atoms with van der Waals surface area (Å²) in [4.78, 5) is 18.2. The van der Waals surface area contributed by atoms with Crippen LogP contribution in [0.15, 0.2) is 0 Å². The average molecular weight is 264 g/mol. The highest BCUT2D eigenvalue weighted by Crippen LogP contribution is 2.31. The van der Waals surface area contributed by atoms with E-state index < -0.39 is 0 Å². The van der Waals surface area contributed by atoms with Gasteiger partial charge < -0.3 is 9.80 Å². The summed E-state index contributed by atoms with van der Waals surface area (Å²) in [5.41, 5.74) is -0.314. The van der Waals surface area contributed by atoms with Crippen molar-refractivity contribution in [3.63, 3.8) is 0 Å². The highest BCUT2D eigenvalue weighted by atomic mass is 16.2. The summed E-state index contributed by atoms with van der Waals surface area (Å²) < 4.78 is 0. The summed E-state index contributed by atoms with van der Waals surface area (Å²) in [7, 11) is 3.82. The van der Waals surface area contributed by atoms with Gasteiger partial charge in [0.15, 0.2) is 0 Å². The van der Waals surface area contributed by atoms with Crippen LogP contribution in [0.2, 0.25) is 0 Å². The SMILES string of the molecule is CN(C)CC(=O)N1CCC(C#N)(N2CCCC2)CC1. The molecule has 0 aromatic carbocycles. The molecule has 0 radical (unpaired) electrons. The number of likely N-dealkylation sites (tertiary alicyclic amines) is 2. The summed E-state index contributed by atoms with van der Waals surface area (Å²) in [5.74, 6) is 0.179. The van der Waals surface area contributed by atoms with Crippen LogP contribution in [0.1, 0.15) is 25.7 Å². The first-order valence-corrected chi connectivity index (χ1v) is 7.16. The van der Waals surface area contributed by atoms with Gasteiger partial charge in [0.25, 0.3) is 0 Å². The average Bonchev–Trinajstić information content (AvgIpc) is 2.92. The third-order valence-corrected chi connectivity index (χ3v) is 4.31. The van der Waals surface area contributed by atoms with Crippen LogP contribution in [0.3, 0.4) is 0 Å². The minimum Gasteiger partial charge on any atom is -0.341 e. The number of nitrogens with zero attached hydrogens (tertiary/aromatic N) is 4. The van der Waals surface area contributed by atoms with Crippen molar-refractivity contribution in [3.05, 3.63) is 0 Å². The van der Waals surface area contributed by atoms with Crippen molar-refractivity contribution in [3.8, 4) is 6.07 Å². The first kappa shape index (κ1) is 14.3. The number of hydrogen-bond acceptors (Lipinski definition) is 4. The maximum absolute atomic E-state index is 12.0. The van der Waals surface area contributed by atoms with Crippen molar-refractivity contribution in [1.82, 2.24) is 14.7 Å². The molecule has 0 saturated carbocycles. The van der Waals surface area contributed by atoms with Crippen molar-refractivity contribution in [1.29, 1.82) is 5.26 Å². The number of nitriles is 1. The molecule has 5 heteroatoms. The lowest BCUT2D eigenvalue weighted by atomic mass is 9.87. The van der Waals surface area contributed by atoms with Gasteiger partial charge >= 0.3 is 0 Å². The molecule has 2 heterocycles. The normalized spacial score (nSPS) is 23.6. The molecule has 5 nitrogen and oxygen atoms in total.